The van der Waals surface area contributed by atoms with Gasteiger partial charge in [-0.3, -0.25) is 0 Å². The van der Waals surface area contributed by atoms with Gasteiger partial charge in [0.25, 0.3) is 0 Å². The van der Waals surface area contributed by atoms with Gasteiger partial charge in [0.1, 0.15) is 6.10 Å². The van der Waals surface area contributed by atoms with Crippen molar-refractivity contribution in [3.05, 3.63) is 53.2 Å². The van der Waals surface area contributed by atoms with Crippen LogP contribution in [0.15, 0.2) is 36.5 Å². The number of nitrogens with zero attached hydrogens (tertiary/aromatic N) is 2. The molecule has 22 heavy (non-hydrogen) atoms. The van der Waals surface area contributed by atoms with Crippen LogP contribution in [0.5, 0.6) is 5.88 Å². The minimum Gasteiger partial charge on any atom is -0.481 e. The van der Waals surface area contributed by atoms with Crippen LogP contribution in [-0.4, -0.2) is 29.8 Å². The maximum Gasteiger partial charge on any atom is 0.219 e. The van der Waals surface area contributed by atoms with Gasteiger partial charge < -0.3 is 14.7 Å². The Morgan fingerprint density at radius 3 is 2.82 bits per heavy atom. The number of anilines is 1. The van der Waals surface area contributed by atoms with Crippen LogP contribution in [-0.2, 0) is 6.42 Å². The molecule has 0 spiro atoms. The molecule has 3 rings (SSSR count). The van der Waals surface area contributed by atoms with Gasteiger partial charge in [-0.25, -0.2) is 4.98 Å². The maximum atomic E-state index is 10.7. The molecule has 1 unspecified atom stereocenters. The highest BCUT2D eigenvalue weighted by Crippen LogP contribution is 2.35. The van der Waals surface area contributed by atoms with Crippen molar-refractivity contribution in [2.24, 2.45) is 0 Å². The molecule has 2 aromatic rings. The van der Waals surface area contributed by atoms with E-state index in [1.165, 1.54) is 11.3 Å². The van der Waals surface area contributed by atoms with E-state index in [4.69, 9.17) is 4.74 Å². The Morgan fingerprint density at radius 2 is 2.09 bits per heavy atom. The first-order valence-electron chi connectivity index (χ1n) is 7.68. The fourth-order valence-electron chi connectivity index (χ4n) is 3.09. The molecule has 2 heterocycles. The molecule has 1 aromatic carbocycles. The SMILES string of the molecule is COc1ncccc1C(O)c1ccc2c(c1)N(C(C)C)CC2. The number of hydrogen-bond acceptors (Lipinski definition) is 4. The van der Waals surface area contributed by atoms with E-state index in [-0.39, 0.29) is 0 Å². The van der Waals surface area contributed by atoms with Gasteiger partial charge in [-0.15, -0.1) is 0 Å². The van der Waals surface area contributed by atoms with Crippen molar-refractivity contribution in [3.63, 3.8) is 0 Å². The molecule has 4 nitrogen and oxygen atoms in total. The monoisotopic (exact) mass is 298 g/mol. The first-order chi connectivity index (χ1) is 10.6. The van der Waals surface area contributed by atoms with Gasteiger partial charge in [0.2, 0.25) is 5.88 Å². The molecule has 4 heteroatoms. The predicted octanol–water partition coefficient (Wildman–Crippen LogP) is 2.94. The van der Waals surface area contributed by atoms with Gasteiger partial charge in [0, 0.05) is 30.0 Å². The Bertz CT molecular complexity index is 670. The van der Waals surface area contributed by atoms with Crippen molar-refractivity contribution in [2.45, 2.75) is 32.4 Å². The summed E-state index contributed by atoms with van der Waals surface area (Å²) in [4.78, 5) is 6.55. The fourth-order valence-corrected chi connectivity index (χ4v) is 3.09. The molecular formula is C18H22N2O2. The van der Waals surface area contributed by atoms with E-state index in [0.717, 1.165) is 18.5 Å². The van der Waals surface area contributed by atoms with Gasteiger partial charge in [0.05, 0.1) is 7.11 Å². The Kier molecular flexibility index (Phi) is 4.03. The first-order valence-corrected chi connectivity index (χ1v) is 7.68. The molecule has 0 saturated heterocycles. The molecule has 1 aliphatic rings. The van der Waals surface area contributed by atoms with Crippen LogP contribution >= 0.6 is 0 Å². The van der Waals surface area contributed by atoms with Crippen LogP contribution < -0.4 is 9.64 Å². The summed E-state index contributed by atoms with van der Waals surface area (Å²) in [7, 11) is 1.57. The van der Waals surface area contributed by atoms with Crippen molar-refractivity contribution in [1.29, 1.82) is 0 Å². The highest BCUT2D eigenvalue weighted by Gasteiger charge is 2.24. The summed E-state index contributed by atoms with van der Waals surface area (Å²) in [5, 5.41) is 10.7. The van der Waals surface area contributed by atoms with Gasteiger partial charge in [0.15, 0.2) is 0 Å². The molecule has 0 fully saturated rings. The highest BCUT2D eigenvalue weighted by atomic mass is 16.5. The fraction of sp³-hybridized carbons (Fsp3) is 0.389. The van der Waals surface area contributed by atoms with Crippen LogP contribution in [0, 0.1) is 0 Å². The number of aliphatic hydroxyl groups excluding tert-OH is 1. The average molecular weight is 298 g/mol. The van der Waals surface area contributed by atoms with Crippen molar-refractivity contribution in [1.82, 2.24) is 4.98 Å². The smallest absolute Gasteiger partial charge is 0.219 e. The summed E-state index contributed by atoms with van der Waals surface area (Å²) in [6, 6.07) is 10.3. The minimum atomic E-state index is -0.733. The second-order valence-corrected chi connectivity index (χ2v) is 5.93. The summed E-state index contributed by atoms with van der Waals surface area (Å²) in [5.74, 6) is 0.469. The average Bonchev–Trinajstić information content (AvgIpc) is 2.97. The van der Waals surface area contributed by atoms with Crippen LogP contribution in [0.1, 0.15) is 36.6 Å². The number of pyridine rings is 1. The number of ether oxygens (including phenoxy) is 1. The predicted molar refractivity (Wildman–Crippen MR) is 87.5 cm³/mol. The molecule has 0 bridgehead atoms. The van der Waals surface area contributed by atoms with E-state index < -0.39 is 6.10 Å². The van der Waals surface area contributed by atoms with Crippen LogP contribution in [0.3, 0.4) is 0 Å². The van der Waals surface area contributed by atoms with Gasteiger partial charge in [-0.1, -0.05) is 12.1 Å². The van der Waals surface area contributed by atoms with E-state index in [2.05, 4.69) is 35.9 Å². The molecule has 1 aromatic heterocycles. The summed E-state index contributed by atoms with van der Waals surface area (Å²) >= 11 is 0. The number of benzene rings is 1. The highest BCUT2D eigenvalue weighted by molar-refractivity contribution is 5.61. The molecule has 0 radical (unpaired) electrons. The maximum absolute atomic E-state index is 10.7. The lowest BCUT2D eigenvalue weighted by atomic mass is 10.00. The summed E-state index contributed by atoms with van der Waals surface area (Å²) in [6.07, 6.45) is 2.00. The van der Waals surface area contributed by atoms with E-state index >= 15 is 0 Å². The van der Waals surface area contributed by atoms with E-state index in [1.807, 2.05) is 18.2 Å². The van der Waals surface area contributed by atoms with Crippen LogP contribution in [0.25, 0.3) is 0 Å². The van der Waals surface area contributed by atoms with Crippen molar-refractivity contribution < 1.29 is 9.84 Å². The third-order valence-corrected chi connectivity index (χ3v) is 4.27. The topological polar surface area (TPSA) is 45.6 Å². The minimum absolute atomic E-state index is 0.460. The lowest BCUT2D eigenvalue weighted by Crippen LogP contribution is -2.28. The van der Waals surface area contributed by atoms with E-state index in [9.17, 15) is 5.11 Å². The molecule has 1 atom stereocenters. The van der Waals surface area contributed by atoms with E-state index in [0.29, 0.717) is 17.5 Å². The molecule has 0 saturated carbocycles. The van der Waals surface area contributed by atoms with Gasteiger partial charge >= 0.3 is 0 Å². The zero-order valence-electron chi connectivity index (χ0n) is 13.3. The normalized spacial score (nSPS) is 15.0. The molecule has 116 valence electrons. The third kappa shape index (κ3) is 2.55. The number of aliphatic hydroxyl groups is 1. The molecular weight excluding hydrogens is 276 g/mol. The molecule has 1 N–H and O–H groups in total. The Hall–Kier alpha value is -2.07. The van der Waals surface area contributed by atoms with E-state index in [1.54, 1.807) is 13.3 Å². The molecule has 1 aliphatic heterocycles. The van der Waals surface area contributed by atoms with Gasteiger partial charge in [-0.05, 0) is 49.6 Å². The zero-order valence-corrected chi connectivity index (χ0v) is 13.3. The Labute approximate surface area is 131 Å². The largest absolute Gasteiger partial charge is 0.481 e. The number of fused-ring (bicyclic) bond motifs is 1. The molecule has 0 amide bonds. The lowest BCUT2D eigenvalue weighted by Gasteiger charge is -2.25. The van der Waals surface area contributed by atoms with Crippen molar-refractivity contribution in [3.8, 4) is 5.88 Å². The van der Waals surface area contributed by atoms with Crippen molar-refractivity contribution in [2.75, 3.05) is 18.6 Å². The van der Waals surface area contributed by atoms with Crippen molar-refractivity contribution >= 4 is 5.69 Å². The summed E-state index contributed by atoms with van der Waals surface area (Å²) in [6.45, 7) is 5.44. The number of aromatic nitrogens is 1. The van der Waals surface area contributed by atoms with Crippen LogP contribution in [0.2, 0.25) is 0 Å². The molecule has 0 aliphatic carbocycles. The number of hydrogen-bond donors (Lipinski definition) is 1. The summed E-state index contributed by atoms with van der Waals surface area (Å²) in [5.41, 5.74) is 4.15. The lowest BCUT2D eigenvalue weighted by molar-refractivity contribution is 0.213. The first kappa shape index (κ1) is 14.9. The number of rotatable bonds is 4. The van der Waals surface area contributed by atoms with Crippen LogP contribution in [0.4, 0.5) is 5.69 Å². The second-order valence-electron chi connectivity index (χ2n) is 5.93. The number of methoxy groups -OCH3 is 1. The quantitative estimate of drug-likeness (QED) is 0.942. The second kappa shape index (κ2) is 5.97. The summed E-state index contributed by atoms with van der Waals surface area (Å²) < 4.78 is 5.26. The Morgan fingerprint density at radius 1 is 1.27 bits per heavy atom. The van der Waals surface area contributed by atoms with Gasteiger partial charge in [-0.2, -0.15) is 0 Å². The zero-order chi connectivity index (χ0) is 15.7. The standard InChI is InChI=1S/C18H22N2O2/c1-12(2)20-10-8-13-6-7-14(11-16(13)20)17(21)15-5-4-9-19-18(15)22-3/h4-7,9,11-12,17,21H,8,10H2,1-3H3. The Balaban J connectivity index is 1.97. The third-order valence-electron chi connectivity index (χ3n) is 4.27.